The molecule has 0 rings (SSSR count). The fraction of sp³-hybridized carbons (Fsp3) is 0.857. The van der Waals surface area contributed by atoms with E-state index in [0.717, 1.165) is 0 Å². The molecule has 0 aromatic rings. The lowest BCUT2D eigenvalue weighted by Crippen LogP contribution is -2.25. The van der Waals surface area contributed by atoms with Gasteiger partial charge in [-0.15, -0.1) is 12.4 Å². The third-order valence-electron chi connectivity index (χ3n) is 1.88. The van der Waals surface area contributed by atoms with Crippen molar-refractivity contribution in [2.75, 3.05) is 13.1 Å². The molecule has 7 nitrogen and oxygen atoms in total. The summed E-state index contributed by atoms with van der Waals surface area (Å²) in [5, 5.41) is 16.2. The van der Waals surface area contributed by atoms with E-state index in [2.05, 4.69) is 0 Å². The van der Waals surface area contributed by atoms with Crippen LogP contribution >= 0.6 is 12.4 Å². The van der Waals surface area contributed by atoms with E-state index < -0.39 is 11.9 Å². The van der Waals surface area contributed by atoms with Crippen LogP contribution in [0, 0.1) is 11.8 Å². The van der Waals surface area contributed by atoms with Crippen LogP contribution in [0.15, 0.2) is 0 Å². The van der Waals surface area contributed by atoms with Crippen LogP contribution in [-0.4, -0.2) is 47.4 Å². The van der Waals surface area contributed by atoms with Crippen LogP contribution < -0.4 is 11.5 Å². The summed E-state index contributed by atoms with van der Waals surface area (Å²) < 4.78 is 4.88. The number of carboxylic acids is 1. The van der Waals surface area contributed by atoms with E-state index in [9.17, 15) is 9.59 Å². The van der Waals surface area contributed by atoms with Crippen molar-refractivity contribution < 1.29 is 24.5 Å². The molecule has 6 N–H and O–H groups in total. The molecule has 22 heavy (non-hydrogen) atoms. The van der Waals surface area contributed by atoms with Crippen molar-refractivity contribution in [3.63, 3.8) is 0 Å². The fourth-order valence-electron chi connectivity index (χ4n) is 0.546. The zero-order chi connectivity index (χ0) is 17.6. The predicted molar refractivity (Wildman–Crippen MR) is 89.9 cm³/mol. The van der Waals surface area contributed by atoms with E-state index in [1.54, 1.807) is 27.7 Å². The number of aliphatic hydroxyl groups is 1. The zero-order valence-corrected chi connectivity index (χ0v) is 15.2. The van der Waals surface area contributed by atoms with Gasteiger partial charge in [-0.3, -0.25) is 9.59 Å². The molecule has 0 aliphatic carbocycles. The molecule has 0 amide bonds. The number of hydrogen-bond donors (Lipinski definition) is 4. The quantitative estimate of drug-likeness (QED) is 0.546. The molecule has 0 aliphatic heterocycles. The number of carbonyl (C=O) groups is 2. The van der Waals surface area contributed by atoms with E-state index in [1.165, 1.54) is 0 Å². The number of aliphatic hydroxyl groups excluding tert-OH is 1. The van der Waals surface area contributed by atoms with E-state index in [0.29, 0.717) is 6.54 Å². The molecule has 2 atom stereocenters. The van der Waals surface area contributed by atoms with E-state index >= 15 is 0 Å². The number of carboxylic acid groups (broad SMARTS) is 1. The molecule has 136 valence electrons. The SMILES string of the molecule is CC(C)O.CC(C)OC(=O)[C@H](C)CN.C[C@H](CN)C(=O)O.Cl. The van der Waals surface area contributed by atoms with Crippen LogP contribution in [-0.2, 0) is 14.3 Å². The molecule has 0 saturated heterocycles. The average molecular weight is 345 g/mol. The topological polar surface area (TPSA) is 136 Å². The number of ether oxygens (including phenoxy) is 1. The molecule has 0 unspecified atom stereocenters. The molecule has 0 bridgehead atoms. The minimum absolute atomic E-state index is 0. The maximum absolute atomic E-state index is 10.9. The Balaban J connectivity index is -0.000000118. The van der Waals surface area contributed by atoms with E-state index in [4.69, 9.17) is 26.4 Å². The van der Waals surface area contributed by atoms with E-state index in [-0.39, 0.29) is 43.0 Å². The molecular weight excluding hydrogens is 312 g/mol. The Kier molecular flexibility index (Phi) is 24.1. The lowest BCUT2D eigenvalue weighted by atomic mass is 10.2. The molecule has 0 spiro atoms. The highest BCUT2D eigenvalue weighted by atomic mass is 35.5. The normalized spacial score (nSPS) is 12.0. The van der Waals surface area contributed by atoms with Crippen LogP contribution in [0.2, 0.25) is 0 Å². The monoisotopic (exact) mass is 344 g/mol. The van der Waals surface area contributed by atoms with Crippen molar-refractivity contribution >= 4 is 24.3 Å². The number of nitrogens with two attached hydrogens (primary N) is 2. The van der Waals surface area contributed by atoms with Gasteiger partial charge in [0.15, 0.2) is 0 Å². The van der Waals surface area contributed by atoms with Crippen molar-refractivity contribution in [2.45, 2.75) is 53.8 Å². The van der Waals surface area contributed by atoms with Crippen LogP contribution in [0.3, 0.4) is 0 Å². The fourth-order valence-corrected chi connectivity index (χ4v) is 0.546. The third kappa shape index (κ3) is 27.5. The van der Waals surface area contributed by atoms with E-state index in [1.807, 2.05) is 13.8 Å². The summed E-state index contributed by atoms with van der Waals surface area (Å²) in [4.78, 5) is 20.7. The highest BCUT2D eigenvalue weighted by Crippen LogP contribution is 1.98. The van der Waals surface area contributed by atoms with Gasteiger partial charge < -0.3 is 26.4 Å². The van der Waals surface area contributed by atoms with Crippen molar-refractivity contribution in [3.8, 4) is 0 Å². The Morgan fingerprint density at radius 1 is 0.955 bits per heavy atom. The molecule has 0 radical (unpaired) electrons. The Labute approximate surface area is 139 Å². The first-order valence-corrected chi connectivity index (χ1v) is 7.00. The number of esters is 1. The van der Waals surface area contributed by atoms with Gasteiger partial charge in [0.2, 0.25) is 0 Å². The highest BCUT2D eigenvalue weighted by molar-refractivity contribution is 5.85. The standard InChI is InChI=1S/C7H15NO2.C4H9NO2.C3H8O.ClH/c1-5(2)10-7(9)6(3)4-8;1-3(2-5)4(6)7;1-3(2)4;/h5-6H,4,8H2,1-3H3;3H,2,5H2,1H3,(H,6,7);3-4H,1-2H3;1H/t6-;3-;;/m11../s1. The molecule has 0 aromatic carbocycles. The second-order valence-electron chi connectivity index (χ2n) is 5.19. The van der Waals surface area contributed by atoms with Gasteiger partial charge in [-0.25, -0.2) is 0 Å². The summed E-state index contributed by atoms with van der Waals surface area (Å²) in [7, 11) is 0. The number of rotatable bonds is 5. The van der Waals surface area contributed by atoms with Gasteiger partial charge in [0.05, 0.1) is 17.9 Å². The largest absolute Gasteiger partial charge is 0.481 e. The average Bonchev–Trinajstić information content (AvgIpc) is 2.35. The Morgan fingerprint density at radius 2 is 1.27 bits per heavy atom. The van der Waals surface area contributed by atoms with Gasteiger partial charge in [0.25, 0.3) is 0 Å². The minimum atomic E-state index is -0.831. The summed E-state index contributed by atoms with van der Waals surface area (Å²) in [5.74, 6) is -1.62. The first-order chi connectivity index (χ1) is 9.49. The van der Waals surface area contributed by atoms with Crippen LogP contribution in [0.5, 0.6) is 0 Å². The molecule has 0 heterocycles. The first kappa shape index (κ1) is 29.2. The van der Waals surface area contributed by atoms with Gasteiger partial charge >= 0.3 is 11.9 Å². The second kappa shape index (κ2) is 18.2. The molecular formula is C14H33ClN2O5. The van der Waals surface area contributed by atoms with Gasteiger partial charge in [0, 0.05) is 19.2 Å². The number of halogens is 1. The first-order valence-electron chi connectivity index (χ1n) is 7.00. The summed E-state index contributed by atoms with van der Waals surface area (Å²) in [5.41, 5.74) is 10.2. The Hall–Kier alpha value is -0.890. The van der Waals surface area contributed by atoms with Crippen molar-refractivity contribution in [3.05, 3.63) is 0 Å². The Morgan fingerprint density at radius 3 is 1.41 bits per heavy atom. The third-order valence-corrected chi connectivity index (χ3v) is 1.88. The van der Waals surface area contributed by atoms with Gasteiger partial charge in [-0.05, 0) is 27.7 Å². The van der Waals surface area contributed by atoms with Crippen molar-refractivity contribution in [1.29, 1.82) is 0 Å². The molecule has 8 heteroatoms. The Bertz CT molecular complexity index is 273. The lowest BCUT2D eigenvalue weighted by Gasteiger charge is -2.11. The maximum Gasteiger partial charge on any atom is 0.310 e. The summed E-state index contributed by atoms with van der Waals surface area (Å²) in [6.45, 7) is 11.0. The van der Waals surface area contributed by atoms with Gasteiger partial charge in [0.1, 0.15) is 0 Å². The van der Waals surface area contributed by atoms with Gasteiger partial charge in [-0.2, -0.15) is 0 Å². The number of carbonyl (C=O) groups excluding carboxylic acids is 1. The highest BCUT2D eigenvalue weighted by Gasteiger charge is 2.12. The summed E-state index contributed by atoms with van der Waals surface area (Å²) in [6.07, 6.45) is -0.207. The second-order valence-corrected chi connectivity index (χ2v) is 5.19. The van der Waals surface area contributed by atoms with Crippen LogP contribution in [0.4, 0.5) is 0 Å². The molecule has 0 aromatic heterocycles. The number of hydrogen-bond acceptors (Lipinski definition) is 6. The molecule has 0 fully saturated rings. The summed E-state index contributed by atoms with van der Waals surface area (Å²) in [6, 6.07) is 0. The molecule has 0 saturated carbocycles. The summed E-state index contributed by atoms with van der Waals surface area (Å²) >= 11 is 0. The van der Waals surface area contributed by atoms with Crippen molar-refractivity contribution in [1.82, 2.24) is 0 Å². The zero-order valence-electron chi connectivity index (χ0n) is 14.4. The maximum atomic E-state index is 10.9. The van der Waals surface area contributed by atoms with Crippen LogP contribution in [0.25, 0.3) is 0 Å². The smallest absolute Gasteiger partial charge is 0.310 e. The number of aliphatic carboxylic acids is 1. The minimum Gasteiger partial charge on any atom is -0.481 e. The predicted octanol–water partition coefficient (Wildman–Crippen LogP) is 1.01. The molecule has 0 aliphatic rings. The van der Waals surface area contributed by atoms with Crippen LogP contribution in [0.1, 0.15) is 41.5 Å². The van der Waals surface area contributed by atoms with Gasteiger partial charge in [-0.1, -0.05) is 13.8 Å². The lowest BCUT2D eigenvalue weighted by molar-refractivity contribution is -0.151. The van der Waals surface area contributed by atoms with Crippen molar-refractivity contribution in [2.24, 2.45) is 23.3 Å².